The molecular weight excluding hydrogens is 463 g/mol. The SMILES string of the molecule is CC1=NN(C(=O)CSc2nnc(-c3ccc(Br)cc3)n2C)[C@](O)(C(F)(F)F)C1. The number of benzene rings is 1. The van der Waals surface area contributed by atoms with Crippen molar-refractivity contribution in [3.63, 3.8) is 0 Å². The third-order valence-electron chi connectivity index (χ3n) is 4.08. The molecule has 1 aromatic carbocycles. The van der Waals surface area contributed by atoms with Gasteiger partial charge >= 0.3 is 6.18 Å². The first-order chi connectivity index (χ1) is 13.0. The minimum atomic E-state index is -5.02. The molecule has 150 valence electrons. The summed E-state index contributed by atoms with van der Waals surface area (Å²) >= 11 is 4.26. The summed E-state index contributed by atoms with van der Waals surface area (Å²) in [6.45, 7) is 1.32. The molecule has 1 atom stereocenters. The van der Waals surface area contributed by atoms with E-state index in [9.17, 15) is 23.1 Å². The number of hydrazone groups is 1. The summed E-state index contributed by atoms with van der Waals surface area (Å²) < 4.78 is 42.2. The lowest BCUT2D eigenvalue weighted by Gasteiger charge is -2.32. The molecule has 1 aliphatic rings. The van der Waals surface area contributed by atoms with Crippen LogP contribution in [0.2, 0.25) is 0 Å². The van der Waals surface area contributed by atoms with Crippen molar-refractivity contribution in [3.05, 3.63) is 28.7 Å². The van der Waals surface area contributed by atoms with Gasteiger partial charge in [0.25, 0.3) is 11.6 Å². The minimum Gasteiger partial charge on any atom is -0.362 e. The van der Waals surface area contributed by atoms with Crippen LogP contribution in [0.3, 0.4) is 0 Å². The summed E-state index contributed by atoms with van der Waals surface area (Å²) in [5, 5.41) is 22.1. The number of hydrogen-bond donors (Lipinski definition) is 1. The molecule has 2 aromatic rings. The van der Waals surface area contributed by atoms with Crippen LogP contribution in [0.5, 0.6) is 0 Å². The molecule has 0 radical (unpaired) electrons. The predicted octanol–water partition coefficient (Wildman–Crippen LogP) is 3.20. The number of rotatable bonds is 4. The van der Waals surface area contributed by atoms with E-state index in [1.807, 2.05) is 24.3 Å². The molecule has 0 bridgehead atoms. The number of aromatic nitrogens is 3. The Hall–Kier alpha value is -1.92. The highest BCUT2D eigenvalue weighted by atomic mass is 79.9. The highest BCUT2D eigenvalue weighted by Crippen LogP contribution is 2.40. The van der Waals surface area contributed by atoms with Crippen LogP contribution < -0.4 is 0 Å². The molecule has 1 N–H and O–H groups in total. The summed E-state index contributed by atoms with van der Waals surface area (Å²) in [7, 11) is 1.69. The number of amides is 1. The second kappa shape index (κ2) is 7.48. The molecule has 12 heteroatoms. The van der Waals surface area contributed by atoms with Crippen molar-refractivity contribution in [1.82, 2.24) is 19.8 Å². The van der Waals surface area contributed by atoms with Crippen LogP contribution >= 0.6 is 27.7 Å². The van der Waals surface area contributed by atoms with Crippen molar-refractivity contribution >= 4 is 39.3 Å². The van der Waals surface area contributed by atoms with Crippen molar-refractivity contribution in [2.75, 3.05) is 5.75 Å². The van der Waals surface area contributed by atoms with Crippen LogP contribution in [0.1, 0.15) is 13.3 Å². The summed E-state index contributed by atoms with van der Waals surface area (Å²) in [5.74, 6) is -0.819. The van der Waals surface area contributed by atoms with Gasteiger partial charge in [0.1, 0.15) is 0 Å². The molecule has 3 rings (SSSR count). The van der Waals surface area contributed by atoms with E-state index in [2.05, 4.69) is 31.2 Å². The van der Waals surface area contributed by atoms with Crippen LogP contribution in [-0.4, -0.2) is 54.2 Å². The lowest BCUT2D eigenvalue weighted by atomic mass is 10.1. The third-order valence-corrected chi connectivity index (χ3v) is 5.61. The maximum atomic E-state index is 13.2. The number of carbonyl (C=O) groups excluding carboxylic acids is 1. The predicted molar refractivity (Wildman–Crippen MR) is 100 cm³/mol. The summed E-state index contributed by atoms with van der Waals surface area (Å²) in [4.78, 5) is 12.3. The first-order valence-electron chi connectivity index (χ1n) is 7.97. The average molecular weight is 478 g/mol. The van der Waals surface area contributed by atoms with Gasteiger partial charge in [-0.3, -0.25) is 4.79 Å². The van der Waals surface area contributed by atoms with E-state index in [0.29, 0.717) is 11.0 Å². The summed E-state index contributed by atoms with van der Waals surface area (Å²) in [6, 6.07) is 7.34. The van der Waals surface area contributed by atoms with Gasteiger partial charge < -0.3 is 9.67 Å². The van der Waals surface area contributed by atoms with Crippen molar-refractivity contribution in [1.29, 1.82) is 0 Å². The number of thioether (sulfide) groups is 1. The molecule has 0 spiro atoms. The standard InChI is InChI=1S/C16H15BrF3N5O2S/c1-9-7-15(27,16(18,19)20)25(23-9)12(26)8-28-14-22-21-13(24(14)2)10-3-5-11(17)6-4-10/h3-6,27H,7-8H2,1-2H3/t15-/m1/s1. The van der Waals surface area contributed by atoms with Gasteiger partial charge in [0, 0.05) is 29.2 Å². The molecule has 0 saturated carbocycles. The zero-order valence-electron chi connectivity index (χ0n) is 14.7. The van der Waals surface area contributed by atoms with Crippen LogP contribution in [0.4, 0.5) is 13.2 Å². The van der Waals surface area contributed by atoms with Crippen molar-refractivity contribution in [2.24, 2.45) is 12.1 Å². The Kier molecular flexibility index (Phi) is 5.56. The van der Waals surface area contributed by atoms with Gasteiger partial charge in [-0.2, -0.15) is 23.3 Å². The molecule has 0 fully saturated rings. The Morgan fingerprint density at radius 2 is 1.96 bits per heavy atom. The lowest BCUT2D eigenvalue weighted by molar-refractivity contribution is -0.301. The van der Waals surface area contributed by atoms with Gasteiger partial charge in [-0.25, -0.2) is 0 Å². The average Bonchev–Trinajstić information content (AvgIpc) is 3.13. The van der Waals surface area contributed by atoms with Gasteiger partial charge in [0.2, 0.25) is 0 Å². The zero-order valence-corrected chi connectivity index (χ0v) is 17.1. The smallest absolute Gasteiger partial charge is 0.362 e. The van der Waals surface area contributed by atoms with E-state index in [0.717, 1.165) is 21.8 Å². The fraction of sp³-hybridized carbons (Fsp3) is 0.375. The number of nitrogens with zero attached hydrogens (tertiary/aromatic N) is 5. The third kappa shape index (κ3) is 3.80. The first-order valence-corrected chi connectivity index (χ1v) is 9.75. The second-order valence-electron chi connectivity index (χ2n) is 6.19. The van der Waals surface area contributed by atoms with Gasteiger partial charge in [0.15, 0.2) is 11.0 Å². The van der Waals surface area contributed by atoms with Crippen molar-refractivity contribution in [2.45, 2.75) is 30.4 Å². The Bertz CT molecular complexity index is 931. The van der Waals surface area contributed by atoms with Gasteiger partial charge in [0.05, 0.1) is 5.75 Å². The number of alkyl halides is 3. The monoisotopic (exact) mass is 477 g/mol. The molecule has 1 amide bonds. The minimum absolute atomic E-state index is 0.0226. The van der Waals surface area contributed by atoms with E-state index in [1.54, 1.807) is 11.6 Å². The molecule has 2 heterocycles. The maximum Gasteiger partial charge on any atom is 0.438 e. The Morgan fingerprint density at radius 3 is 2.57 bits per heavy atom. The topological polar surface area (TPSA) is 83.6 Å². The number of halogens is 4. The largest absolute Gasteiger partial charge is 0.438 e. The fourth-order valence-corrected chi connectivity index (χ4v) is 3.70. The van der Waals surface area contributed by atoms with E-state index in [1.165, 1.54) is 6.92 Å². The molecule has 0 saturated heterocycles. The van der Waals surface area contributed by atoms with Crippen LogP contribution in [0, 0.1) is 0 Å². The number of hydrogen-bond acceptors (Lipinski definition) is 6. The molecule has 7 nitrogen and oxygen atoms in total. The Morgan fingerprint density at radius 1 is 1.32 bits per heavy atom. The zero-order chi connectivity index (χ0) is 20.7. The second-order valence-corrected chi connectivity index (χ2v) is 8.05. The fourth-order valence-electron chi connectivity index (χ4n) is 2.68. The Labute approximate surface area is 170 Å². The molecule has 0 aliphatic carbocycles. The van der Waals surface area contributed by atoms with Gasteiger partial charge in [-0.15, -0.1) is 10.2 Å². The molecule has 1 aliphatic heterocycles. The van der Waals surface area contributed by atoms with Gasteiger partial charge in [-0.1, -0.05) is 39.8 Å². The van der Waals surface area contributed by atoms with Crippen molar-refractivity contribution in [3.8, 4) is 11.4 Å². The number of aliphatic hydroxyl groups is 1. The van der Waals surface area contributed by atoms with E-state index >= 15 is 0 Å². The normalized spacial score (nSPS) is 19.8. The first kappa shape index (κ1) is 20.8. The Balaban J connectivity index is 1.74. The summed E-state index contributed by atoms with van der Waals surface area (Å²) in [6.07, 6.45) is -5.79. The van der Waals surface area contributed by atoms with Crippen LogP contribution in [-0.2, 0) is 11.8 Å². The summed E-state index contributed by atoms with van der Waals surface area (Å²) in [5.41, 5.74) is -2.51. The van der Waals surface area contributed by atoms with Crippen molar-refractivity contribution < 1.29 is 23.1 Å². The van der Waals surface area contributed by atoms with E-state index < -0.39 is 24.2 Å². The van der Waals surface area contributed by atoms with Crippen LogP contribution in [0.25, 0.3) is 11.4 Å². The van der Waals surface area contributed by atoms with E-state index in [4.69, 9.17) is 0 Å². The molecule has 28 heavy (non-hydrogen) atoms. The maximum absolute atomic E-state index is 13.2. The van der Waals surface area contributed by atoms with Gasteiger partial charge in [-0.05, 0) is 19.1 Å². The van der Waals surface area contributed by atoms with E-state index in [-0.39, 0.29) is 16.5 Å². The quantitative estimate of drug-likeness (QED) is 0.683. The molecular formula is C16H15BrF3N5O2S. The highest BCUT2D eigenvalue weighted by Gasteiger charge is 2.62. The van der Waals surface area contributed by atoms with Crippen LogP contribution in [0.15, 0.2) is 39.0 Å². The lowest BCUT2D eigenvalue weighted by Crippen LogP contribution is -2.57. The number of carbonyl (C=O) groups is 1. The highest BCUT2D eigenvalue weighted by molar-refractivity contribution is 9.10. The molecule has 1 aromatic heterocycles. The molecule has 0 unspecified atom stereocenters.